The Morgan fingerprint density at radius 2 is 1.64 bits per heavy atom. The van der Waals surface area contributed by atoms with Crippen molar-refractivity contribution in [3.05, 3.63) is 0 Å². The van der Waals surface area contributed by atoms with Crippen LogP contribution in [0.15, 0.2) is 0 Å². The van der Waals surface area contributed by atoms with Gasteiger partial charge in [0, 0.05) is 13.1 Å². The maximum atomic E-state index is 12.0. The summed E-state index contributed by atoms with van der Waals surface area (Å²) in [6.07, 6.45) is -3.45. The van der Waals surface area contributed by atoms with Crippen molar-refractivity contribution in [2.24, 2.45) is 5.41 Å². The third-order valence-electron chi connectivity index (χ3n) is 2.65. The van der Waals surface area contributed by atoms with Gasteiger partial charge in [-0.05, 0) is 18.3 Å². The summed E-state index contributed by atoms with van der Waals surface area (Å²) in [6, 6.07) is 0. The van der Waals surface area contributed by atoms with E-state index in [0.717, 1.165) is 4.90 Å². The van der Waals surface area contributed by atoms with Gasteiger partial charge in [-0.2, -0.15) is 13.2 Å². The number of likely N-dealkylation sites (tertiary alicyclic amines) is 1. The van der Waals surface area contributed by atoms with Crippen LogP contribution in [0.3, 0.4) is 0 Å². The molecule has 1 rings (SSSR count). The standard InChI is InChI=1S/C9H14F3NO/c1-8(2)3-5-13(6-4-8)7(14)9(10,11)12/h3-6H2,1-2H3. The van der Waals surface area contributed by atoms with Crippen molar-refractivity contribution in [1.82, 2.24) is 4.90 Å². The van der Waals surface area contributed by atoms with E-state index in [1.54, 1.807) is 0 Å². The van der Waals surface area contributed by atoms with Gasteiger partial charge in [0.25, 0.3) is 0 Å². The van der Waals surface area contributed by atoms with Gasteiger partial charge in [0.15, 0.2) is 0 Å². The first-order chi connectivity index (χ1) is 6.22. The molecule has 0 radical (unpaired) electrons. The molecule has 0 aromatic rings. The smallest absolute Gasteiger partial charge is 0.335 e. The predicted molar refractivity (Wildman–Crippen MR) is 45.7 cm³/mol. The topological polar surface area (TPSA) is 20.3 Å². The van der Waals surface area contributed by atoms with Crippen LogP contribution in [0, 0.1) is 5.41 Å². The highest BCUT2D eigenvalue weighted by atomic mass is 19.4. The first-order valence-electron chi connectivity index (χ1n) is 4.58. The van der Waals surface area contributed by atoms with E-state index in [0.29, 0.717) is 12.8 Å². The van der Waals surface area contributed by atoms with Crippen molar-refractivity contribution in [2.45, 2.75) is 32.9 Å². The summed E-state index contributed by atoms with van der Waals surface area (Å²) in [5.41, 5.74) is 0.0579. The Morgan fingerprint density at radius 3 is 2.00 bits per heavy atom. The molecule has 2 nitrogen and oxygen atoms in total. The van der Waals surface area contributed by atoms with Crippen LogP contribution in [0.2, 0.25) is 0 Å². The Balaban J connectivity index is 2.55. The van der Waals surface area contributed by atoms with E-state index < -0.39 is 12.1 Å². The molecule has 1 aliphatic heterocycles. The van der Waals surface area contributed by atoms with E-state index in [-0.39, 0.29) is 18.5 Å². The number of carbonyl (C=O) groups excluding carboxylic acids is 1. The highest BCUT2D eigenvalue weighted by Crippen LogP contribution is 2.31. The van der Waals surface area contributed by atoms with Crippen LogP contribution >= 0.6 is 0 Å². The minimum absolute atomic E-state index is 0.0579. The van der Waals surface area contributed by atoms with Crippen molar-refractivity contribution in [3.63, 3.8) is 0 Å². The minimum atomic E-state index is -4.72. The summed E-state index contributed by atoms with van der Waals surface area (Å²) in [4.78, 5) is 11.7. The number of alkyl halides is 3. The zero-order valence-electron chi connectivity index (χ0n) is 8.32. The molecular weight excluding hydrogens is 195 g/mol. The summed E-state index contributed by atoms with van der Waals surface area (Å²) < 4.78 is 36.1. The van der Waals surface area contributed by atoms with Gasteiger partial charge in [0.05, 0.1) is 0 Å². The van der Waals surface area contributed by atoms with Crippen molar-refractivity contribution >= 4 is 5.91 Å². The first kappa shape index (κ1) is 11.3. The molecule has 0 bridgehead atoms. The van der Waals surface area contributed by atoms with Crippen LogP contribution in [0.25, 0.3) is 0 Å². The second kappa shape index (κ2) is 3.44. The fraction of sp³-hybridized carbons (Fsp3) is 0.889. The van der Waals surface area contributed by atoms with Crippen LogP contribution in [-0.2, 0) is 4.79 Å². The van der Waals surface area contributed by atoms with Gasteiger partial charge in [0.2, 0.25) is 0 Å². The zero-order valence-corrected chi connectivity index (χ0v) is 8.32. The average molecular weight is 209 g/mol. The summed E-state index contributed by atoms with van der Waals surface area (Å²) in [7, 11) is 0. The largest absolute Gasteiger partial charge is 0.471 e. The maximum Gasteiger partial charge on any atom is 0.471 e. The Hall–Kier alpha value is -0.740. The maximum absolute atomic E-state index is 12.0. The molecule has 1 heterocycles. The van der Waals surface area contributed by atoms with Gasteiger partial charge in [-0.1, -0.05) is 13.8 Å². The second-order valence-electron chi connectivity index (χ2n) is 4.45. The third-order valence-corrected chi connectivity index (χ3v) is 2.65. The Kier molecular flexibility index (Phi) is 2.78. The van der Waals surface area contributed by atoms with Crippen LogP contribution < -0.4 is 0 Å². The average Bonchev–Trinajstić information content (AvgIpc) is 2.01. The van der Waals surface area contributed by atoms with E-state index in [9.17, 15) is 18.0 Å². The van der Waals surface area contributed by atoms with E-state index in [4.69, 9.17) is 0 Å². The zero-order chi connectivity index (χ0) is 11.0. The number of halogens is 3. The number of hydrogen-bond acceptors (Lipinski definition) is 1. The molecule has 14 heavy (non-hydrogen) atoms. The van der Waals surface area contributed by atoms with E-state index in [1.165, 1.54) is 0 Å². The molecule has 82 valence electrons. The lowest BCUT2D eigenvalue weighted by atomic mass is 9.83. The second-order valence-corrected chi connectivity index (χ2v) is 4.45. The molecule has 1 fully saturated rings. The SMILES string of the molecule is CC1(C)CCN(C(=O)C(F)(F)F)CC1. The van der Waals surface area contributed by atoms with E-state index in [1.807, 2.05) is 13.8 Å². The number of hydrogen-bond donors (Lipinski definition) is 0. The first-order valence-corrected chi connectivity index (χ1v) is 4.58. The molecule has 0 N–H and O–H groups in total. The summed E-state index contributed by atoms with van der Waals surface area (Å²) in [6.45, 7) is 4.43. The highest BCUT2D eigenvalue weighted by Gasteiger charge is 2.43. The van der Waals surface area contributed by atoms with Crippen LogP contribution in [0.1, 0.15) is 26.7 Å². The fourth-order valence-corrected chi connectivity index (χ4v) is 1.49. The summed E-state index contributed by atoms with van der Waals surface area (Å²) >= 11 is 0. The Bertz CT molecular complexity index is 225. The molecule has 0 aromatic heterocycles. The van der Waals surface area contributed by atoms with Crippen molar-refractivity contribution in [2.75, 3.05) is 13.1 Å². The quantitative estimate of drug-likeness (QED) is 0.599. The molecule has 0 saturated carbocycles. The number of carbonyl (C=O) groups is 1. The molecule has 1 aliphatic rings. The molecule has 5 heteroatoms. The molecule has 0 atom stereocenters. The minimum Gasteiger partial charge on any atom is -0.335 e. The van der Waals surface area contributed by atoms with Crippen LogP contribution in [0.5, 0.6) is 0 Å². The molecule has 0 unspecified atom stereocenters. The lowest BCUT2D eigenvalue weighted by molar-refractivity contribution is -0.187. The van der Waals surface area contributed by atoms with Crippen molar-refractivity contribution < 1.29 is 18.0 Å². The number of piperidine rings is 1. The number of rotatable bonds is 0. The van der Waals surface area contributed by atoms with Gasteiger partial charge in [0.1, 0.15) is 0 Å². The number of nitrogens with zero attached hydrogens (tertiary/aromatic N) is 1. The van der Waals surface area contributed by atoms with Gasteiger partial charge >= 0.3 is 12.1 Å². The van der Waals surface area contributed by atoms with Crippen molar-refractivity contribution in [1.29, 1.82) is 0 Å². The van der Waals surface area contributed by atoms with Gasteiger partial charge in [-0.15, -0.1) is 0 Å². The molecule has 0 spiro atoms. The highest BCUT2D eigenvalue weighted by molar-refractivity contribution is 5.81. The molecule has 0 aliphatic carbocycles. The number of amides is 1. The third kappa shape index (κ3) is 2.62. The normalized spacial score (nSPS) is 22.2. The predicted octanol–water partition coefficient (Wildman–Crippen LogP) is 2.20. The molecule has 1 saturated heterocycles. The van der Waals surface area contributed by atoms with Gasteiger partial charge in [-0.25, -0.2) is 0 Å². The van der Waals surface area contributed by atoms with Crippen molar-refractivity contribution in [3.8, 4) is 0 Å². The lowest BCUT2D eigenvalue weighted by Crippen LogP contribution is -2.46. The summed E-state index contributed by atoms with van der Waals surface area (Å²) in [5.74, 6) is -1.70. The molecule has 1 amide bonds. The van der Waals surface area contributed by atoms with Crippen LogP contribution in [-0.4, -0.2) is 30.1 Å². The van der Waals surface area contributed by atoms with Crippen LogP contribution in [0.4, 0.5) is 13.2 Å². The fourth-order valence-electron chi connectivity index (χ4n) is 1.49. The van der Waals surface area contributed by atoms with E-state index in [2.05, 4.69) is 0 Å². The van der Waals surface area contributed by atoms with Gasteiger partial charge in [-0.3, -0.25) is 4.79 Å². The van der Waals surface area contributed by atoms with E-state index >= 15 is 0 Å². The lowest BCUT2D eigenvalue weighted by Gasteiger charge is -2.37. The molecular formula is C9H14F3NO. The van der Waals surface area contributed by atoms with Gasteiger partial charge < -0.3 is 4.90 Å². The Labute approximate surface area is 81.1 Å². The summed E-state index contributed by atoms with van der Waals surface area (Å²) in [5, 5.41) is 0. The molecule has 0 aromatic carbocycles. The monoisotopic (exact) mass is 209 g/mol. The Morgan fingerprint density at radius 1 is 1.21 bits per heavy atom.